The minimum atomic E-state index is -0.520. The van der Waals surface area contributed by atoms with E-state index in [-0.39, 0.29) is 52.1 Å². The van der Waals surface area contributed by atoms with E-state index in [4.69, 9.17) is 14.5 Å². The number of amides is 2. The van der Waals surface area contributed by atoms with Gasteiger partial charge in [-0.2, -0.15) is 5.10 Å². The van der Waals surface area contributed by atoms with Crippen molar-refractivity contribution in [3.63, 3.8) is 0 Å². The molecule has 1 aromatic carbocycles. The zero-order valence-electron chi connectivity index (χ0n) is 35.3. The van der Waals surface area contributed by atoms with Crippen LogP contribution in [0.15, 0.2) is 83.9 Å². The van der Waals surface area contributed by atoms with Crippen LogP contribution in [-0.4, -0.2) is 67.9 Å². The van der Waals surface area contributed by atoms with Gasteiger partial charge in [-0.05, 0) is 98.1 Å². The van der Waals surface area contributed by atoms with E-state index in [1.165, 1.54) is 25.5 Å². The summed E-state index contributed by atoms with van der Waals surface area (Å²) in [5.41, 5.74) is 6.12. The SMILES string of the molecule is CO[C@H]1/C=C/CCC2=c3c4c(O)c(c5c3nc3cc(/C=N/NC(=O)c6ccncc6)ccn35)NC(=O)/C(C)=C\C=C\[C@H](C)C[C@@H](C)C[C@@H](C)[C@H](OC(C)=O)[C@@H]1CC2C#CC=4O. The number of rotatable bonds is 5. The number of pyridine rings is 2. The Morgan fingerprint density at radius 2 is 1.87 bits per heavy atom. The number of hydrogen-bond donors (Lipinski definition) is 4. The summed E-state index contributed by atoms with van der Waals surface area (Å²) in [4.78, 5) is 48.5. The Bertz CT molecular complexity index is 2690. The fourth-order valence-electron chi connectivity index (χ4n) is 9.07. The number of hydrazone groups is 1. The molecule has 61 heavy (non-hydrogen) atoms. The number of aromatic hydroxyl groups is 1. The minimum Gasteiger partial charge on any atom is -0.505 e. The van der Waals surface area contributed by atoms with E-state index >= 15 is 0 Å². The zero-order chi connectivity index (χ0) is 43.4. The number of phenols is 1. The average Bonchev–Trinajstić information content (AvgIpc) is 3.58. The summed E-state index contributed by atoms with van der Waals surface area (Å²) in [6, 6.07) is 6.71. The van der Waals surface area contributed by atoms with Crippen molar-refractivity contribution in [1.29, 1.82) is 0 Å². The van der Waals surface area contributed by atoms with Crippen molar-refractivity contribution in [2.24, 2.45) is 34.7 Å². The Hall–Kier alpha value is -6.52. The number of esters is 1. The molecule has 7 atom stereocenters. The number of anilines is 1. The fraction of sp³-hybridized carbons (Fsp3) is 0.375. The first-order chi connectivity index (χ1) is 29.3. The van der Waals surface area contributed by atoms with Crippen LogP contribution in [0.5, 0.6) is 5.75 Å². The molecule has 4 heterocycles. The van der Waals surface area contributed by atoms with Crippen molar-refractivity contribution in [2.45, 2.75) is 78.9 Å². The van der Waals surface area contributed by atoms with Gasteiger partial charge < -0.3 is 25.0 Å². The molecular formula is C48H52N6O7. The summed E-state index contributed by atoms with van der Waals surface area (Å²) in [7, 11) is 1.66. The van der Waals surface area contributed by atoms with Gasteiger partial charge in [0.15, 0.2) is 11.5 Å². The van der Waals surface area contributed by atoms with Gasteiger partial charge in [0.2, 0.25) is 0 Å². The molecule has 2 aliphatic carbocycles. The van der Waals surface area contributed by atoms with Crippen LogP contribution in [0.25, 0.3) is 28.0 Å². The highest BCUT2D eigenvalue weighted by atomic mass is 16.5. The summed E-state index contributed by atoms with van der Waals surface area (Å²) < 4.78 is 14.1. The van der Waals surface area contributed by atoms with Gasteiger partial charge in [0.1, 0.15) is 23.0 Å². The predicted molar refractivity (Wildman–Crippen MR) is 235 cm³/mol. The lowest BCUT2D eigenvalue weighted by molar-refractivity contribution is -0.156. The smallest absolute Gasteiger partial charge is 0.302 e. The van der Waals surface area contributed by atoms with Crippen LogP contribution in [0.2, 0.25) is 0 Å². The van der Waals surface area contributed by atoms with E-state index in [9.17, 15) is 24.6 Å². The van der Waals surface area contributed by atoms with Gasteiger partial charge in [-0.1, -0.05) is 57.1 Å². The van der Waals surface area contributed by atoms with Crippen molar-refractivity contribution in [2.75, 3.05) is 12.4 Å². The van der Waals surface area contributed by atoms with Crippen molar-refractivity contribution in [3.8, 4) is 17.6 Å². The number of ether oxygens (including phenoxy) is 2. The van der Waals surface area contributed by atoms with Gasteiger partial charge in [0.05, 0.1) is 23.1 Å². The Balaban J connectivity index is 1.47. The van der Waals surface area contributed by atoms with E-state index in [1.54, 1.807) is 55.0 Å². The highest BCUT2D eigenvalue weighted by Crippen LogP contribution is 2.38. The number of methoxy groups -OCH3 is 1. The topological polar surface area (TPSA) is 177 Å². The zero-order valence-corrected chi connectivity index (χ0v) is 35.3. The van der Waals surface area contributed by atoms with E-state index in [0.717, 1.165) is 18.4 Å². The summed E-state index contributed by atoms with van der Waals surface area (Å²) >= 11 is 0. The second-order valence-corrected chi connectivity index (χ2v) is 16.5. The van der Waals surface area contributed by atoms with Gasteiger partial charge in [-0.15, -0.1) is 0 Å². The van der Waals surface area contributed by atoms with E-state index < -0.39 is 29.9 Å². The number of nitrogens with zero attached hydrogens (tertiary/aromatic N) is 4. The first-order valence-corrected chi connectivity index (χ1v) is 20.8. The lowest BCUT2D eigenvalue weighted by Gasteiger charge is -2.37. The number of hydrogen-bond acceptors (Lipinski definition) is 10. The number of carbonyl (C=O) groups is 3. The van der Waals surface area contributed by atoms with Gasteiger partial charge in [-0.3, -0.25) is 23.8 Å². The number of allylic oxidation sites excluding steroid dienone is 4. The van der Waals surface area contributed by atoms with Crippen molar-refractivity contribution >= 4 is 57.7 Å². The molecule has 13 heteroatoms. The number of benzene rings is 1. The number of imidazole rings is 1. The molecule has 3 aromatic heterocycles. The third kappa shape index (κ3) is 9.15. The second-order valence-electron chi connectivity index (χ2n) is 16.5. The molecule has 4 aromatic rings. The molecule has 0 saturated heterocycles. The molecule has 3 aliphatic rings. The number of carbonyl (C=O) groups excluding carboxylic acids is 3. The number of phenolic OH excluding ortho intramolecular Hbond substituents is 1. The third-order valence-electron chi connectivity index (χ3n) is 11.8. The Morgan fingerprint density at radius 1 is 1.08 bits per heavy atom. The Morgan fingerprint density at radius 3 is 2.62 bits per heavy atom. The van der Waals surface area contributed by atoms with Gasteiger partial charge in [0, 0.05) is 60.8 Å². The number of aromatic nitrogens is 3. The maximum atomic E-state index is 13.9. The molecule has 6 bridgehead atoms. The van der Waals surface area contributed by atoms with Crippen LogP contribution < -0.4 is 21.2 Å². The van der Waals surface area contributed by atoms with E-state index in [0.29, 0.717) is 57.9 Å². The highest BCUT2D eigenvalue weighted by Gasteiger charge is 2.39. The van der Waals surface area contributed by atoms with Crippen LogP contribution in [0.4, 0.5) is 5.69 Å². The first kappa shape index (κ1) is 42.6. The van der Waals surface area contributed by atoms with E-state index in [1.807, 2.05) is 12.2 Å². The summed E-state index contributed by atoms with van der Waals surface area (Å²) in [6.45, 7) is 9.60. The predicted octanol–water partition coefficient (Wildman–Crippen LogP) is 6.25. The number of aliphatic hydroxyl groups excluding tert-OH is 1. The van der Waals surface area contributed by atoms with Crippen molar-refractivity contribution in [3.05, 3.63) is 100 Å². The lowest BCUT2D eigenvalue weighted by Crippen LogP contribution is -2.41. The molecule has 13 nitrogen and oxygen atoms in total. The monoisotopic (exact) mass is 824 g/mol. The number of aliphatic hydroxyl groups is 1. The molecule has 0 saturated carbocycles. The maximum absolute atomic E-state index is 13.9. The standard InChI is InChI=1S/C48H52N6O7/c1-27-10-9-11-29(3)47(58)52-43-44-42(51-39-24-32(18-21-54(39)44)26-50-53-48(59)33-16-19-49-20-17-33)40-35-12-7-8-13-38(60-6)36(25-34(35)14-15-37(56)41(40)45(43)57)46(61-31(5)55)30(4)23-28(2)22-27/h8-11,13,16-21,24,26-28,30,34,36,38,46,56-57H,7,12,22-23,25H2,1-6H3,(H,52,58)(H,53,59)/b10-9+,13-8+,29-11-,50-26+/t27-,28+,30+,34?,36+,38-,46-/m0/s1. The molecule has 0 radical (unpaired) electrons. The van der Waals surface area contributed by atoms with Gasteiger partial charge in [0.25, 0.3) is 11.8 Å². The van der Waals surface area contributed by atoms with Crippen LogP contribution in [-0.2, 0) is 19.1 Å². The Kier molecular flexibility index (Phi) is 12.8. The molecule has 0 fully saturated rings. The second kappa shape index (κ2) is 18.4. The first-order valence-electron chi connectivity index (χ1n) is 20.8. The molecule has 1 unspecified atom stereocenters. The Labute approximate surface area is 354 Å². The third-order valence-corrected chi connectivity index (χ3v) is 11.8. The molecule has 7 rings (SSSR count). The number of nitrogens with one attached hydrogen (secondary N) is 2. The van der Waals surface area contributed by atoms with Crippen molar-refractivity contribution < 1.29 is 34.1 Å². The van der Waals surface area contributed by atoms with Crippen molar-refractivity contribution in [1.82, 2.24) is 19.8 Å². The molecule has 2 amide bonds. The number of fused-ring (bicyclic) bond motifs is 6. The van der Waals surface area contributed by atoms with E-state index in [2.05, 4.69) is 65.6 Å². The van der Waals surface area contributed by atoms with Gasteiger partial charge in [-0.25, -0.2) is 10.4 Å². The molecular weight excluding hydrogens is 773 g/mol. The summed E-state index contributed by atoms with van der Waals surface area (Å²) in [5, 5.41) is 31.8. The maximum Gasteiger partial charge on any atom is 0.302 e. The minimum absolute atomic E-state index is 0.0452. The highest BCUT2D eigenvalue weighted by molar-refractivity contribution is 6.10. The fourth-order valence-corrected chi connectivity index (χ4v) is 9.07. The molecule has 1 aliphatic heterocycles. The quantitative estimate of drug-likeness (QED) is 0.0453. The van der Waals surface area contributed by atoms with Gasteiger partial charge >= 0.3 is 5.97 Å². The summed E-state index contributed by atoms with van der Waals surface area (Å²) in [6.07, 6.45) is 18.3. The average molecular weight is 825 g/mol. The molecule has 316 valence electrons. The molecule has 0 spiro atoms. The normalized spacial score (nSPS) is 26.6. The van der Waals surface area contributed by atoms with Crippen LogP contribution in [0, 0.1) is 41.4 Å². The summed E-state index contributed by atoms with van der Waals surface area (Å²) in [5.74, 6) is 3.98. The van der Waals surface area contributed by atoms with Crippen LogP contribution >= 0.6 is 0 Å². The lowest BCUT2D eigenvalue weighted by atomic mass is 9.76. The molecule has 4 N–H and O–H groups in total. The van der Waals surface area contributed by atoms with Crippen LogP contribution in [0.1, 0.15) is 82.6 Å². The largest absolute Gasteiger partial charge is 0.505 e. The van der Waals surface area contributed by atoms with Crippen LogP contribution in [0.3, 0.4) is 0 Å².